The van der Waals surface area contributed by atoms with Crippen molar-refractivity contribution < 1.29 is 4.74 Å². The molecule has 1 aromatic heterocycles. The Morgan fingerprint density at radius 1 is 1.25 bits per heavy atom. The third kappa shape index (κ3) is 3.76. The summed E-state index contributed by atoms with van der Waals surface area (Å²) in [6.07, 6.45) is 0. The Hall–Kier alpha value is -1.49. The average molecular weight is 273 g/mol. The Labute approximate surface area is 120 Å². The summed E-state index contributed by atoms with van der Waals surface area (Å²) in [5, 5.41) is 1.11. The highest BCUT2D eigenvalue weighted by atomic mass is 16.5. The lowest BCUT2D eigenvalue weighted by Gasteiger charge is -2.24. The van der Waals surface area contributed by atoms with Crippen LogP contribution in [0.4, 0.5) is 0 Å². The number of ether oxygens (including phenoxy) is 1. The fourth-order valence-electron chi connectivity index (χ4n) is 2.04. The first kappa shape index (κ1) is 14.9. The van der Waals surface area contributed by atoms with Crippen LogP contribution in [0, 0.1) is 6.92 Å². The molecule has 0 aliphatic heterocycles. The summed E-state index contributed by atoms with van der Waals surface area (Å²) < 4.78 is 5.81. The number of hydrazine groups is 1. The third-order valence-electron chi connectivity index (χ3n) is 3.14. The number of aryl methyl sites for hydroxylation is 1. The lowest BCUT2D eigenvalue weighted by Crippen LogP contribution is -2.34. The van der Waals surface area contributed by atoms with Crippen molar-refractivity contribution in [3.8, 4) is 0 Å². The topological polar surface area (TPSA) is 60.2 Å². The highest BCUT2D eigenvalue weighted by Crippen LogP contribution is 2.21. The van der Waals surface area contributed by atoms with E-state index < -0.39 is 0 Å². The Morgan fingerprint density at radius 3 is 2.65 bits per heavy atom. The third-order valence-corrected chi connectivity index (χ3v) is 3.14. The van der Waals surface area contributed by atoms with E-state index in [0.29, 0.717) is 6.61 Å². The largest absolute Gasteiger partial charge is 0.374 e. The number of aromatic nitrogens is 1. The van der Waals surface area contributed by atoms with Crippen LogP contribution in [0.5, 0.6) is 0 Å². The minimum Gasteiger partial charge on any atom is -0.374 e. The van der Waals surface area contributed by atoms with Gasteiger partial charge in [0, 0.05) is 11.1 Å². The molecule has 0 bridgehead atoms. The smallest absolute Gasteiger partial charge is 0.0705 e. The van der Waals surface area contributed by atoms with Gasteiger partial charge >= 0.3 is 0 Å². The second-order valence-corrected chi connectivity index (χ2v) is 6.05. The van der Waals surface area contributed by atoms with E-state index in [4.69, 9.17) is 10.6 Å². The van der Waals surface area contributed by atoms with Crippen LogP contribution in [0.15, 0.2) is 30.3 Å². The molecule has 0 aliphatic carbocycles. The molecule has 0 saturated carbocycles. The minimum atomic E-state index is -0.176. The van der Waals surface area contributed by atoms with Crippen molar-refractivity contribution in [2.45, 2.75) is 39.3 Å². The SMILES string of the molecule is Cc1ccc2cc(C(COC(C)(C)C)NN)ccc2n1. The number of nitrogens with two attached hydrogens (primary N) is 1. The van der Waals surface area contributed by atoms with E-state index >= 15 is 0 Å². The highest BCUT2D eigenvalue weighted by molar-refractivity contribution is 5.79. The molecule has 0 amide bonds. The lowest BCUT2D eigenvalue weighted by molar-refractivity contribution is -0.0147. The molecular formula is C16H23N3O. The summed E-state index contributed by atoms with van der Waals surface area (Å²) in [6, 6.07) is 10.3. The maximum atomic E-state index is 5.81. The molecule has 0 spiro atoms. The molecule has 1 aromatic carbocycles. The van der Waals surface area contributed by atoms with Gasteiger partial charge in [-0.2, -0.15) is 0 Å². The van der Waals surface area contributed by atoms with E-state index in [-0.39, 0.29) is 11.6 Å². The number of pyridine rings is 1. The van der Waals surface area contributed by atoms with Crippen LogP contribution in [0.3, 0.4) is 0 Å². The zero-order valence-electron chi connectivity index (χ0n) is 12.6. The molecule has 0 radical (unpaired) electrons. The lowest BCUT2D eigenvalue weighted by atomic mass is 10.0. The van der Waals surface area contributed by atoms with Crippen molar-refractivity contribution in [3.05, 3.63) is 41.6 Å². The summed E-state index contributed by atoms with van der Waals surface area (Å²) in [5.74, 6) is 5.66. The zero-order valence-corrected chi connectivity index (χ0v) is 12.6. The molecule has 0 saturated heterocycles. The number of hydrogen-bond donors (Lipinski definition) is 2. The molecule has 20 heavy (non-hydrogen) atoms. The van der Waals surface area contributed by atoms with Gasteiger partial charge in [-0.1, -0.05) is 12.1 Å². The normalized spacial score (nSPS) is 13.7. The summed E-state index contributed by atoms with van der Waals surface area (Å²) >= 11 is 0. The zero-order chi connectivity index (χ0) is 14.8. The first-order valence-electron chi connectivity index (χ1n) is 6.86. The monoisotopic (exact) mass is 273 g/mol. The highest BCUT2D eigenvalue weighted by Gasteiger charge is 2.16. The van der Waals surface area contributed by atoms with Crippen molar-refractivity contribution >= 4 is 10.9 Å². The van der Waals surface area contributed by atoms with Gasteiger partial charge < -0.3 is 4.74 Å². The van der Waals surface area contributed by atoms with E-state index in [1.807, 2.05) is 45.9 Å². The van der Waals surface area contributed by atoms with Gasteiger partial charge in [-0.25, -0.2) is 0 Å². The van der Waals surface area contributed by atoms with Crippen LogP contribution >= 0.6 is 0 Å². The fourth-order valence-corrected chi connectivity index (χ4v) is 2.04. The molecule has 4 nitrogen and oxygen atoms in total. The molecule has 4 heteroatoms. The van der Waals surface area contributed by atoms with Gasteiger partial charge in [-0.3, -0.25) is 16.3 Å². The molecule has 0 fully saturated rings. The molecule has 2 rings (SSSR count). The predicted octanol–water partition coefficient (Wildman–Crippen LogP) is 2.86. The van der Waals surface area contributed by atoms with Crippen molar-refractivity contribution in [1.29, 1.82) is 0 Å². The molecule has 1 unspecified atom stereocenters. The van der Waals surface area contributed by atoms with Gasteiger partial charge in [0.2, 0.25) is 0 Å². The summed E-state index contributed by atoms with van der Waals surface area (Å²) in [6.45, 7) is 8.63. The van der Waals surface area contributed by atoms with Crippen LogP contribution in [0.25, 0.3) is 10.9 Å². The number of hydrogen-bond acceptors (Lipinski definition) is 4. The maximum absolute atomic E-state index is 5.81. The van der Waals surface area contributed by atoms with Crippen molar-refractivity contribution in [2.75, 3.05) is 6.61 Å². The Bertz CT molecular complexity index is 590. The van der Waals surface area contributed by atoms with Gasteiger partial charge in [-0.15, -0.1) is 0 Å². The van der Waals surface area contributed by atoms with Gasteiger partial charge in [0.25, 0.3) is 0 Å². The van der Waals surface area contributed by atoms with Crippen molar-refractivity contribution in [3.63, 3.8) is 0 Å². The van der Waals surface area contributed by atoms with E-state index in [2.05, 4.69) is 22.5 Å². The number of benzene rings is 1. The molecule has 0 aliphatic rings. The molecule has 1 heterocycles. The number of fused-ring (bicyclic) bond motifs is 1. The predicted molar refractivity (Wildman–Crippen MR) is 82.2 cm³/mol. The van der Waals surface area contributed by atoms with Crippen LogP contribution < -0.4 is 11.3 Å². The van der Waals surface area contributed by atoms with E-state index in [9.17, 15) is 0 Å². The van der Waals surface area contributed by atoms with Gasteiger partial charge in [0.1, 0.15) is 0 Å². The van der Waals surface area contributed by atoms with E-state index in [1.165, 1.54) is 0 Å². The molecule has 3 N–H and O–H groups in total. The molecule has 1 atom stereocenters. The van der Waals surface area contributed by atoms with Crippen LogP contribution in [0.1, 0.15) is 38.1 Å². The standard InChI is InChI=1S/C16H23N3O/c1-11-5-6-12-9-13(7-8-14(12)18-11)15(19-17)10-20-16(2,3)4/h5-9,15,19H,10,17H2,1-4H3. The summed E-state index contributed by atoms with van der Waals surface area (Å²) in [5.41, 5.74) is 5.78. The number of rotatable bonds is 4. The molecular weight excluding hydrogens is 250 g/mol. The average Bonchev–Trinajstić information content (AvgIpc) is 2.38. The van der Waals surface area contributed by atoms with Gasteiger partial charge in [0.05, 0.1) is 23.8 Å². The fraction of sp³-hybridized carbons (Fsp3) is 0.438. The Morgan fingerprint density at radius 2 is 2.00 bits per heavy atom. The van der Waals surface area contributed by atoms with Gasteiger partial charge in [0.15, 0.2) is 0 Å². The van der Waals surface area contributed by atoms with E-state index in [0.717, 1.165) is 22.2 Å². The Kier molecular flexibility index (Phi) is 4.38. The first-order chi connectivity index (χ1) is 9.39. The van der Waals surface area contributed by atoms with E-state index in [1.54, 1.807) is 0 Å². The second kappa shape index (κ2) is 5.87. The quantitative estimate of drug-likeness (QED) is 0.664. The van der Waals surface area contributed by atoms with Crippen LogP contribution in [-0.4, -0.2) is 17.2 Å². The molecule has 2 aromatic rings. The van der Waals surface area contributed by atoms with Crippen LogP contribution in [-0.2, 0) is 4.74 Å². The number of nitrogens with zero attached hydrogens (tertiary/aromatic N) is 1. The van der Waals surface area contributed by atoms with Crippen molar-refractivity contribution in [2.24, 2.45) is 5.84 Å². The summed E-state index contributed by atoms with van der Waals surface area (Å²) in [4.78, 5) is 4.50. The minimum absolute atomic E-state index is 0.0278. The van der Waals surface area contributed by atoms with Crippen LogP contribution in [0.2, 0.25) is 0 Å². The maximum Gasteiger partial charge on any atom is 0.0705 e. The summed E-state index contributed by atoms with van der Waals surface area (Å²) in [7, 11) is 0. The Balaban J connectivity index is 2.23. The first-order valence-corrected chi connectivity index (χ1v) is 6.86. The molecule has 108 valence electrons. The van der Waals surface area contributed by atoms with Gasteiger partial charge in [-0.05, 0) is 51.5 Å². The number of nitrogens with one attached hydrogen (secondary N) is 1. The second-order valence-electron chi connectivity index (χ2n) is 6.05. The van der Waals surface area contributed by atoms with Crippen molar-refractivity contribution in [1.82, 2.24) is 10.4 Å².